The minimum atomic E-state index is -0.107. The van der Waals surface area contributed by atoms with E-state index in [1.54, 1.807) is 22.2 Å². The van der Waals surface area contributed by atoms with Gasteiger partial charge in [-0.25, -0.2) is 9.67 Å². The lowest BCUT2D eigenvalue weighted by molar-refractivity contribution is 0.0950. The van der Waals surface area contributed by atoms with Crippen LogP contribution in [0.5, 0.6) is 0 Å². The van der Waals surface area contributed by atoms with Crippen LogP contribution in [0.3, 0.4) is 0 Å². The Morgan fingerprint density at radius 3 is 2.78 bits per heavy atom. The molecular formula is C21H24N4OS. The highest BCUT2D eigenvalue weighted by atomic mass is 32.1. The van der Waals surface area contributed by atoms with Crippen molar-refractivity contribution in [2.45, 2.75) is 51.5 Å². The van der Waals surface area contributed by atoms with Crippen LogP contribution in [-0.4, -0.2) is 20.7 Å². The number of hydrogen-bond acceptors (Lipinski definition) is 4. The molecule has 5 nitrogen and oxygen atoms in total. The quantitative estimate of drug-likeness (QED) is 0.703. The maximum absolute atomic E-state index is 12.6. The number of amides is 1. The molecule has 0 saturated heterocycles. The molecule has 1 saturated carbocycles. The maximum atomic E-state index is 12.6. The third kappa shape index (κ3) is 3.95. The number of benzene rings is 1. The van der Waals surface area contributed by atoms with Crippen molar-refractivity contribution in [3.8, 4) is 5.69 Å². The van der Waals surface area contributed by atoms with Crippen molar-refractivity contribution in [3.05, 3.63) is 63.9 Å². The fraction of sp³-hybridized carbons (Fsp3) is 0.381. The molecular weight excluding hydrogens is 356 g/mol. The fourth-order valence-electron chi connectivity index (χ4n) is 3.71. The summed E-state index contributed by atoms with van der Waals surface area (Å²) in [5.41, 5.74) is 3.59. The molecule has 0 atom stereocenters. The molecule has 0 bridgehead atoms. The minimum Gasteiger partial charge on any atom is -0.345 e. The second kappa shape index (κ2) is 8.05. The van der Waals surface area contributed by atoms with Crippen LogP contribution in [0.25, 0.3) is 5.69 Å². The van der Waals surface area contributed by atoms with Gasteiger partial charge in [-0.1, -0.05) is 37.5 Å². The van der Waals surface area contributed by atoms with Gasteiger partial charge in [-0.2, -0.15) is 5.10 Å². The van der Waals surface area contributed by atoms with Crippen molar-refractivity contribution < 1.29 is 4.79 Å². The lowest BCUT2D eigenvalue weighted by Gasteiger charge is -2.19. The predicted molar refractivity (Wildman–Crippen MR) is 107 cm³/mol. The van der Waals surface area contributed by atoms with Crippen LogP contribution in [0.15, 0.2) is 41.9 Å². The first-order valence-electron chi connectivity index (χ1n) is 9.55. The van der Waals surface area contributed by atoms with E-state index in [1.165, 1.54) is 37.8 Å². The summed E-state index contributed by atoms with van der Waals surface area (Å²) in [6.07, 6.45) is 8.07. The van der Waals surface area contributed by atoms with Gasteiger partial charge < -0.3 is 5.32 Å². The van der Waals surface area contributed by atoms with Crippen LogP contribution in [0, 0.1) is 6.92 Å². The molecule has 1 amide bonds. The van der Waals surface area contributed by atoms with Crippen LogP contribution in [0.2, 0.25) is 0 Å². The third-order valence-corrected chi connectivity index (χ3v) is 6.12. The van der Waals surface area contributed by atoms with Gasteiger partial charge in [-0.15, -0.1) is 11.3 Å². The molecule has 27 heavy (non-hydrogen) atoms. The number of nitrogens with zero attached hydrogens (tertiary/aromatic N) is 3. The molecule has 1 aromatic carbocycles. The molecule has 0 aliphatic heterocycles. The highest BCUT2D eigenvalue weighted by Crippen LogP contribution is 2.33. The zero-order valence-corrected chi connectivity index (χ0v) is 16.3. The summed E-state index contributed by atoms with van der Waals surface area (Å²) in [5, 5.41) is 10.5. The lowest BCUT2D eigenvalue weighted by atomic mass is 9.87. The number of thiazole rings is 1. The molecule has 1 aliphatic rings. The maximum Gasteiger partial charge on any atom is 0.255 e. The van der Waals surface area contributed by atoms with Crippen molar-refractivity contribution >= 4 is 17.2 Å². The Kier molecular flexibility index (Phi) is 5.34. The third-order valence-electron chi connectivity index (χ3n) is 5.25. The SMILES string of the molecule is Cc1c(C(=O)NCc2nc(C3CCCCC3)cs2)cnn1-c1ccccc1. The molecule has 140 valence electrons. The second-order valence-corrected chi connectivity index (χ2v) is 8.02. The van der Waals surface area contributed by atoms with Crippen molar-refractivity contribution in [1.29, 1.82) is 0 Å². The number of carbonyl (C=O) groups excluding carboxylic acids is 1. The molecule has 2 heterocycles. The van der Waals surface area contributed by atoms with E-state index in [9.17, 15) is 4.79 Å². The van der Waals surface area contributed by atoms with E-state index in [2.05, 4.69) is 15.8 Å². The van der Waals surface area contributed by atoms with E-state index < -0.39 is 0 Å². The first-order valence-corrected chi connectivity index (χ1v) is 10.4. The number of aromatic nitrogens is 3. The molecule has 4 rings (SSSR count). The topological polar surface area (TPSA) is 59.8 Å². The highest BCUT2D eigenvalue weighted by molar-refractivity contribution is 7.09. The number of rotatable bonds is 5. The van der Waals surface area contributed by atoms with Gasteiger partial charge in [0.25, 0.3) is 5.91 Å². The smallest absolute Gasteiger partial charge is 0.255 e. The van der Waals surface area contributed by atoms with E-state index >= 15 is 0 Å². The molecule has 0 unspecified atom stereocenters. The number of nitrogens with one attached hydrogen (secondary N) is 1. The first-order chi connectivity index (χ1) is 13.2. The summed E-state index contributed by atoms with van der Waals surface area (Å²) in [4.78, 5) is 17.4. The molecule has 6 heteroatoms. The van der Waals surface area contributed by atoms with Crippen LogP contribution in [0.4, 0.5) is 0 Å². The molecule has 2 aromatic heterocycles. The van der Waals surface area contributed by atoms with Gasteiger partial charge in [0.15, 0.2) is 0 Å². The van der Waals surface area contributed by atoms with Crippen molar-refractivity contribution in [2.24, 2.45) is 0 Å². The van der Waals surface area contributed by atoms with Gasteiger partial charge in [0.1, 0.15) is 5.01 Å². The molecule has 0 radical (unpaired) electrons. The van der Waals surface area contributed by atoms with Gasteiger partial charge in [-0.05, 0) is 31.9 Å². The molecule has 0 spiro atoms. The van der Waals surface area contributed by atoms with Gasteiger partial charge in [-0.3, -0.25) is 4.79 Å². The Morgan fingerprint density at radius 1 is 1.22 bits per heavy atom. The Hall–Kier alpha value is -2.47. The monoisotopic (exact) mass is 380 g/mol. The van der Waals surface area contributed by atoms with Gasteiger partial charge in [0.05, 0.1) is 35.4 Å². The van der Waals surface area contributed by atoms with Crippen LogP contribution in [-0.2, 0) is 6.54 Å². The van der Waals surface area contributed by atoms with Crippen LogP contribution < -0.4 is 5.32 Å². The van der Waals surface area contributed by atoms with Crippen LogP contribution in [0.1, 0.15) is 64.8 Å². The molecule has 1 fully saturated rings. The number of para-hydroxylation sites is 1. The highest BCUT2D eigenvalue weighted by Gasteiger charge is 2.19. The average molecular weight is 381 g/mol. The van der Waals surface area contributed by atoms with Gasteiger partial charge in [0, 0.05) is 11.3 Å². The van der Waals surface area contributed by atoms with E-state index in [1.807, 2.05) is 37.3 Å². The number of hydrogen-bond donors (Lipinski definition) is 1. The second-order valence-electron chi connectivity index (χ2n) is 7.07. The molecule has 1 N–H and O–H groups in total. The van der Waals surface area contributed by atoms with E-state index in [0.717, 1.165) is 16.4 Å². The summed E-state index contributed by atoms with van der Waals surface area (Å²) in [6, 6.07) is 9.84. The summed E-state index contributed by atoms with van der Waals surface area (Å²) in [5.74, 6) is 0.495. The Bertz CT molecular complexity index is 909. The largest absolute Gasteiger partial charge is 0.345 e. The van der Waals surface area contributed by atoms with E-state index in [4.69, 9.17) is 4.98 Å². The van der Waals surface area contributed by atoms with Crippen molar-refractivity contribution in [1.82, 2.24) is 20.1 Å². The fourth-order valence-corrected chi connectivity index (χ4v) is 4.52. The van der Waals surface area contributed by atoms with Crippen LogP contribution >= 0.6 is 11.3 Å². The summed E-state index contributed by atoms with van der Waals surface area (Å²) in [6.45, 7) is 2.38. The average Bonchev–Trinajstić information content (AvgIpc) is 3.34. The molecule has 1 aliphatic carbocycles. The first kappa shape index (κ1) is 17.9. The summed E-state index contributed by atoms with van der Waals surface area (Å²) < 4.78 is 1.79. The lowest BCUT2D eigenvalue weighted by Crippen LogP contribution is -2.23. The Labute approximate surface area is 163 Å². The standard InChI is InChI=1S/C21H24N4OS/c1-15-18(12-23-25(15)17-10-6-3-7-11-17)21(26)22-13-20-24-19(14-27-20)16-8-4-2-5-9-16/h3,6-7,10-12,14,16H,2,4-5,8-9,13H2,1H3,(H,22,26). The van der Waals surface area contributed by atoms with E-state index in [0.29, 0.717) is 18.0 Å². The van der Waals surface area contributed by atoms with Gasteiger partial charge >= 0.3 is 0 Å². The van der Waals surface area contributed by atoms with Gasteiger partial charge in [0.2, 0.25) is 0 Å². The molecule has 3 aromatic rings. The zero-order chi connectivity index (χ0) is 18.6. The van der Waals surface area contributed by atoms with Crippen molar-refractivity contribution in [3.63, 3.8) is 0 Å². The van der Waals surface area contributed by atoms with Crippen molar-refractivity contribution in [2.75, 3.05) is 0 Å². The summed E-state index contributed by atoms with van der Waals surface area (Å²) >= 11 is 1.64. The zero-order valence-electron chi connectivity index (χ0n) is 15.5. The van der Waals surface area contributed by atoms with E-state index in [-0.39, 0.29) is 5.91 Å². The predicted octanol–water partition coefficient (Wildman–Crippen LogP) is 4.61. The Balaban J connectivity index is 1.40. The number of carbonyl (C=O) groups is 1. The minimum absolute atomic E-state index is 0.107. The Morgan fingerprint density at radius 2 is 2.00 bits per heavy atom. The summed E-state index contributed by atoms with van der Waals surface area (Å²) in [7, 11) is 0. The normalized spacial score (nSPS) is 15.0.